The summed E-state index contributed by atoms with van der Waals surface area (Å²) >= 11 is 0. The van der Waals surface area contributed by atoms with Gasteiger partial charge in [-0.2, -0.15) is 0 Å². The van der Waals surface area contributed by atoms with E-state index in [1.165, 1.54) is 5.56 Å². The summed E-state index contributed by atoms with van der Waals surface area (Å²) in [6.45, 7) is 7.47. The Morgan fingerprint density at radius 2 is 2.00 bits per heavy atom. The van der Waals surface area contributed by atoms with Crippen LogP contribution in [0.4, 0.5) is 0 Å². The van der Waals surface area contributed by atoms with Crippen LogP contribution in [0.1, 0.15) is 31.4 Å². The highest BCUT2D eigenvalue weighted by atomic mass is 16.1. The van der Waals surface area contributed by atoms with Crippen LogP contribution in [0.25, 0.3) is 0 Å². The van der Waals surface area contributed by atoms with Gasteiger partial charge in [-0.15, -0.1) is 0 Å². The third-order valence-corrected chi connectivity index (χ3v) is 4.03. The number of hydrogen-bond donors (Lipinski definition) is 2. The highest BCUT2D eigenvalue weighted by Gasteiger charge is 2.28. The maximum absolute atomic E-state index is 12.1. The molecule has 0 bridgehead atoms. The third-order valence-electron chi connectivity index (χ3n) is 4.03. The van der Waals surface area contributed by atoms with Gasteiger partial charge >= 0.3 is 0 Å². The third kappa shape index (κ3) is 3.80. The van der Waals surface area contributed by atoms with Gasteiger partial charge in [-0.05, 0) is 38.3 Å². The fourth-order valence-corrected chi connectivity index (χ4v) is 2.73. The highest BCUT2D eigenvalue weighted by molar-refractivity contribution is 5.79. The molecule has 1 amide bonds. The topological polar surface area (TPSA) is 41.1 Å². The van der Waals surface area contributed by atoms with Crippen molar-refractivity contribution in [3.05, 3.63) is 35.4 Å². The van der Waals surface area contributed by atoms with E-state index >= 15 is 0 Å². The predicted octanol–water partition coefficient (Wildman–Crippen LogP) is 2.04. The standard InChI is InChI=1S/C16H24N2O/c1-11-4-6-14(7-5-11)10-15(19)18-16-12(2)8-9-17-13(16)3/h4-7,12-13,16-17H,8-10H2,1-3H3,(H,18,19). The molecule has 0 spiro atoms. The second kappa shape index (κ2) is 6.20. The lowest BCUT2D eigenvalue weighted by Gasteiger charge is -2.36. The zero-order chi connectivity index (χ0) is 13.8. The van der Waals surface area contributed by atoms with E-state index in [0.29, 0.717) is 18.4 Å². The van der Waals surface area contributed by atoms with Crippen LogP contribution in [0.3, 0.4) is 0 Å². The van der Waals surface area contributed by atoms with Crippen LogP contribution in [-0.2, 0) is 11.2 Å². The number of benzene rings is 1. The van der Waals surface area contributed by atoms with Crippen LogP contribution < -0.4 is 10.6 Å². The molecular formula is C16H24N2O. The average Bonchev–Trinajstić information content (AvgIpc) is 2.37. The molecule has 3 nitrogen and oxygen atoms in total. The Balaban J connectivity index is 1.91. The molecule has 0 saturated carbocycles. The van der Waals surface area contributed by atoms with E-state index in [-0.39, 0.29) is 11.9 Å². The number of carbonyl (C=O) groups excluding carboxylic acids is 1. The fourth-order valence-electron chi connectivity index (χ4n) is 2.73. The summed E-state index contributed by atoms with van der Waals surface area (Å²) in [5, 5.41) is 6.60. The van der Waals surface area contributed by atoms with Gasteiger partial charge in [0, 0.05) is 12.1 Å². The lowest BCUT2D eigenvalue weighted by molar-refractivity contribution is -0.121. The van der Waals surface area contributed by atoms with E-state index < -0.39 is 0 Å². The molecule has 0 radical (unpaired) electrons. The number of aryl methyl sites for hydroxylation is 1. The molecule has 1 fully saturated rings. The Bertz CT molecular complexity index is 417. The minimum atomic E-state index is 0.122. The van der Waals surface area contributed by atoms with Crippen LogP contribution in [0, 0.1) is 12.8 Å². The van der Waals surface area contributed by atoms with E-state index in [4.69, 9.17) is 0 Å². The monoisotopic (exact) mass is 260 g/mol. The summed E-state index contributed by atoms with van der Waals surface area (Å²) in [5.41, 5.74) is 2.30. The number of rotatable bonds is 3. The summed E-state index contributed by atoms with van der Waals surface area (Å²) in [5.74, 6) is 0.662. The quantitative estimate of drug-likeness (QED) is 0.873. The van der Waals surface area contributed by atoms with Crippen molar-refractivity contribution in [2.24, 2.45) is 5.92 Å². The smallest absolute Gasteiger partial charge is 0.224 e. The first-order valence-corrected chi connectivity index (χ1v) is 7.14. The second-order valence-corrected chi connectivity index (χ2v) is 5.76. The van der Waals surface area contributed by atoms with Crippen molar-refractivity contribution in [1.82, 2.24) is 10.6 Å². The van der Waals surface area contributed by atoms with Gasteiger partial charge < -0.3 is 10.6 Å². The van der Waals surface area contributed by atoms with Crippen LogP contribution in [0.2, 0.25) is 0 Å². The van der Waals surface area contributed by atoms with Crippen molar-refractivity contribution < 1.29 is 4.79 Å². The van der Waals surface area contributed by atoms with E-state index in [2.05, 4.69) is 43.5 Å². The van der Waals surface area contributed by atoms with Gasteiger partial charge in [0.2, 0.25) is 5.91 Å². The maximum Gasteiger partial charge on any atom is 0.224 e. The SMILES string of the molecule is Cc1ccc(CC(=O)NC2C(C)CCNC2C)cc1. The number of piperidine rings is 1. The van der Waals surface area contributed by atoms with Gasteiger partial charge in [0.25, 0.3) is 0 Å². The molecule has 2 rings (SSSR count). The first-order chi connectivity index (χ1) is 9.06. The summed E-state index contributed by atoms with van der Waals surface area (Å²) in [7, 11) is 0. The first kappa shape index (κ1) is 14.1. The minimum Gasteiger partial charge on any atom is -0.351 e. The molecule has 2 N–H and O–H groups in total. The van der Waals surface area contributed by atoms with Crippen molar-refractivity contribution in [2.75, 3.05) is 6.54 Å². The van der Waals surface area contributed by atoms with Gasteiger partial charge in [-0.1, -0.05) is 36.8 Å². The fraction of sp³-hybridized carbons (Fsp3) is 0.562. The van der Waals surface area contributed by atoms with E-state index in [1.54, 1.807) is 0 Å². The van der Waals surface area contributed by atoms with Crippen LogP contribution in [0.15, 0.2) is 24.3 Å². The molecule has 1 aromatic carbocycles. The number of amides is 1. The van der Waals surface area contributed by atoms with Crippen LogP contribution in [-0.4, -0.2) is 24.5 Å². The summed E-state index contributed by atoms with van der Waals surface area (Å²) in [6.07, 6.45) is 1.59. The molecule has 1 heterocycles. The van der Waals surface area contributed by atoms with Gasteiger partial charge in [-0.25, -0.2) is 0 Å². The molecule has 1 aliphatic heterocycles. The number of nitrogens with one attached hydrogen (secondary N) is 2. The second-order valence-electron chi connectivity index (χ2n) is 5.76. The van der Waals surface area contributed by atoms with Crippen molar-refractivity contribution in [3.63, 3.8) is 0 Å². The van der Waals surface area contributed by atoms with Crippen LogP contribution in [0.5, 0.6) is 0 Å². The lowest BCUT2D eigenvalue weighted by atomic mass is 9.89. The number of hydrogen-bond acceptors (Lipinski definition) is 2. The van der Waals surface area contributed by atoms with E-state index in [1.807, 2.05) is 12.1 Å². The molecule has 0 aliphatic carbocycles. The molecule has 0 aromatic heterocycles. The Morgan fingerprint density at radius 3 is 2.63 bits per heavy atom. The number of carbonyl (C=O) groups is 1. The minimum absolute atomic E-state index is 0.122. The Kier molecular flexibility index (Phi) is 4.59. The molecule has 3 unspecified atom stereocenters. The molecule has 1 saturated heterocycles. The summed E-state index contributed by atoms with van der Waals surface area (Å²) in [4.78, 5) is 12.1. The van der Waals surface area contributed by atoms with Crippen molar-refractivity contribution in [3.8, 4) is 0 Å². The Labute approximate surface area is 115 Å². The molecule has 3 heteroatoms. The zero-order valence-corrected chi connectivity index (χ0v) is 12.1. The molecule has 1 aliphatic rings. The Morgan fingerprint density at radius 1 is 1.32 bits per heavy atom. The molecular weight excluding hydrogens is 236 g/mol. The molecule has 104 valence electrons. The molecule has 19 heavy (non-hydrogen) atoms. The van der Waals surface area contributed by atoms with Crippen molar-refractivity contribution in [1.29, 1.82) is 0 Å². The van der Waals surface area contributed by atoms with Gasteiger partial charge in [0.15, 0.2) is 0 Å². The lowest BCUT2D eigenvalue weighted by Crippen LogP contribution is -2.56. The Hall–Kier alpha value is -1.35. The van der Waals surface area contributed by atoms with Crippen LogP contribution >= 0.6 is 0 Å². The van der Waals surface area contributed by atoms with Crippen molar-refractivity contribution in [2.45, 2.75) is 45.7 Å². The predicted molar refractivity (Wildman–Crippen MR) is 78.1 cm³/mol. The van der Waals surface area contributed by atoms with Gasteiger partial charge in [0.1, 0.15) is 0 Å². The largest absolute Gasteiger partial charge is 0.351 e. The van der Waals surface area contributed by atoms with Gasteiger partial charge in [-0.3, -0.25) is 4.79 Å². The van der Waals surface area contributed by atoms with E-state index in [9.17, 15) is 4.79 Å². The normalized spacial score (nSPS) is 27.0. The average molecular weight is 260 g/mol. The van der Waals surface area contributed by atoms with Crippen molar-refractivity contribution >= 4 is 5.91 Å². The maximum atomic E-state index is 12.1. The molecule has 1 aromatic rings. The summed E-state index contributed by atoms with van der Waals surface area (Å²) < 4.78 is 0. The summed E-state index contributed by atoms with van der Waals surface area (Å²) in [6, 6.07) is 8.76. The first-order valence-electron chi connectivity index (χ1n) is 7.14. The zero-order valence-electron chi connectivity index (χ0n) is 12.1. The molecule has 3 atom stereocenters. The van der Waals surface area contributed by atoms with E-state index in [0.717, 1.165) is 18.5 Å². The van der Waals surface area contributed by atoms with Gasteiger partial charge in [0.05, 0.1) is 6.42 Å². The highest BCUT2D eigenvalue weighted by Crippen LogP contribution is 2.16.